The minimum atomic E-state index is 0. The van der Waals surface area contributed by atoms with Crippen LogP contribution in [0.2, 0.25) is 0 Å². The fourth-order valence-electron chi connectivity index (χ4n) is 4.63. The van der Waals surface area contributed by atoms with Crippen LogP contribution in [0.4, 0.5) is 0 Å². The molecule has 170 valence electrons. The second-order valence-corrected chi connectivity index (χ2v) is 8.63. The summed E-state index contributed by atoms with van der Waals surface area (Å²) in [4.78, 5) is 17.0. The molecule has 0 saturated heterocycles. The lowest BCUT2D eigenvalue weighted by molar-refractivity contribution is -0.122. The maximum Gasteiger partial charge on any atom is 0.220 e. The predicted octanol–water partition coefficient (Wildman–Crippen LogP) is 3.84. The first kappa shape index (κ1) is 26.5. The lowest BCUT2D eigenvalue weighted by Crippen LogP contribution is -2.42. The van der Waals surface area contributed by atoms with Gasteiger partial charge in [0.15, 0.2) is 5.96 Å². The van der Waals surface area contributed by atoms with Gasteiger partial charge in [0.05, 0.1) is 0 Å². The molecule has 2 saturated carbocycles. The summed E-state index contributed by atoms with van der Waals surface area (Å²) in [6.45, 7) is 5.93. The molecule has 6 nitrogen and oxygen atoms in total. The minimum absolute atomic E-state index is 0. The van der Waals surface area contributed by atoms with E-state index in [0.717, 1.165) is 32.1 Å². The standard InChI is InChI=1S/C22H42N4O2.HI/c1-3-23-21(26-18-22(13-16-28-2)11-7-8-12-22)25-15-14-24-20(27)17-19-9-5-4-6-10-19;/h19H,3-18H2,1-2H3,(H,24,27)(H2,23,25,26);1H. The van der Waals surface area contributed by atoms with Gasteiger partial charge in [-0.2, -0.15) is 0 Å². The number of halogens is 1. The largest absolute Gasteiger partial charge is 0.385 e. The highest BCUT2D eigenvalue weighted by Gasteiger charge is 2.33. The van der Waals surface area contributed by atoms with Crippen LogP contribution in [0.3, 0.4) is 0 Å². The van der Waals surface area contributed by atoms with Gasteiger partial charge in [-0.3, -0.25) is 9.79 Å². The van der Waals surface area contributed by atoms with Crippen LogP contribution in [0, 0.1) is 11.3 Å². The zero-order valence-electron chi connectivity index (χ0n) is 18.6. The number of rotatable bonds is 11. The van der Waals surface area contributed by atoms with Crippen molar-refractivity contribution in [3.63, 3.8) is 0 Å². The highest BCUT2D eigenvalue weighted by atomic mass is 127. The summed E-state index contributed by atoms with van der Waals surface area (Å²) in [5, 5.41) is 9.76. The zero-order chi connectivity index (χ0) is 20.1. The number of methoxy groups -OCH3 is 1. The number of guanidine groups is 1. The molecule has 2 fully saturated rings. The van der Waals surface area contributed by atoms with E-state index in [1.165, 1.54) is 57.8 Å². The fourth-order valence-corrected chi connectivity index (χ4v) is 4.63. The zero-order valence-corrected chi connectivity index (χ0v) is 20.9. The van der Waals surface area contributed by atoms with E-state index in [2.05, 4.69) is 22.9 Å². The van der Waals surface area contributed by atoms with Crippen molar-refractivity contribution in [1.29, 1.82) is 0 Å². The number of hydrogen-bond donors (Lipinski definition) is 3. The molecular weight excluding hydrogens is 479 g/mol. The first-order valence-electron chi connectivity index (χ1n) is 11.5. The Balaban J connectivity index is 0.00000420. The van der Waals surface area contributed by atoms with E-state index in [1.54, 1.807) is 7.11 Å². The second-order valence-electron chi connectivity index (χ2n) is 8.63. The van der Waals surface area contributed by atoms with Gasteiger partial charge >= 0.3 is 0 Å². The Morgan fingerprint density at radius 3 is 2.38 bits per heavy atom. The number of amides is 1. The lowest BCUT2D eigenvalue weighted by Gasteiger charge is -2.27. The van der Waals surface area contributed by atoms with Crippen molar-refractivity contribution in [1.82, 2.24) is 16.0 Å². The molecule has 0 aromatic heterocycles. The van der Waals surface area contributed by atoms with E-state index in [0.29, 0.717) is 30.8 Å². The van der Waals surface area contributed by atoms with Crippen molar-refractivity contribution in [3.8, 4) is 0 Å². The molecule has 0 aromatic carbocycles. The Hall–Kier alpha value is -0.570. The first-order chi connectivity index (χ1) is 13.7. The van der Waals surface area contributed by atoms with Crippen LogP contribution in [-0.2, 0) is 9.53 Å². The first-order valence-corrected chi connectivity index (χ1v) is 11.5. The number of ether oxygens (including phenoxy) is 1. The van der Waals surface area contributed by atoms with Crippen molar-refractivity contribution in [2.75, 3.05) is 39.9 Å². The van der Waals surface area contributed by atoms with E-state index in [1.807, 2.05) is 0 Å². The van der Waals surface area contributed by atoms with E-state index in [-0.39, 0.29) is 29.9 Å². The molecule has 0 heterocycles. The Bertz CT molecular complexity index is 475. The van der Waals surface area contributed by atoms with Crippen LogP contribution >= 0.6 is 24.0 Å². The van der Waals surface area contributed by atoms with Gasteiger partial charge in [0.2, 0.25) is 5.91 Å². The third-order valence-corrected chi connectivity index (χ3v) is 6.36. The van der Waals surface area contributed by atoms with Gasteiger partial charge in [0.25, 0.3) is 0 Å². The molecule has 2 rings (SSSR count). The predicted molar refractivity (Wildman–Crippen MR) is 131 cm³/mol. The normalized spacial score (nSPS) is 19.4. The van der Waals surface area contributed by atoms with Crippen molar-refractivity contribution in [3.05, 3.63) is 0 Å². The van der Waals surface area contributed by atoms with E-state index >= 15 is 0 Å². The molecular formula is C22H43IN4O2. The van der Waals surface area contributed by atoms with Crippen molar-refractivity contribution < 1.29 is 9.53 Å². The Morgan fingerprint density at radius 2 is 1.72 bits per heavy atom. The van der Waals surface area contributed by atoms with Crippen LogP contribution in [-0.4, -0.2) is 51.8 Å². The van der Waals surface area contributed by atoms with Gasteiger partial charge in [-0.05, 0) is 50.4 Å². The summed E-state index contributed by atoms with van der Waals surface area (Å²) in [6.07, 6.45) is 13.2. The topological polar surface area (TPSA) is 74.8 Å². The van der Waals surface area contributed by atoms with Crippen LogP contribution in [0.25, 0.3) is 0 Å². The summed E-state index contributed by atoms with van der Waals surface area (Å²) in [5.41, 5.74) is 0.298. The Morgan fingerprint density at radius 1 is 1.03 bits per heavy atom. The number of hydrogen-bond acceptors (Lipinski definition) is 3. The molecule has 0 spiro atoms. The van der Waals surface area contributed by atoms with Gasteiger partial charge in [0.1, 0.15) is 0 Å². The molecule has 0 aliphatic heterocycles. The molecule has 0 bridgehead atoms. The van der Waals surface area contributed by atoms with Gasteiger partial charge < -0.3 is 20.7 Å². The Labute approximate surface area is 194 Å². The van der Waals surface area contributed by atoms with Crippen molar-refractivity contribution in [2.24, 2.45) is 16.3 Å². The van der Waals surface area contributed by atoms with Crippen LogP contribution in [0.1, 0.15) is 77.6 Å². The SMILES string of the molecule is CCNC(=NCC1(CCOC)CCCC1)NCCNC(=O)CC1CCCCC1.I. The molecule has 7 heteroatoms. The van der Waals surface area contributed by atoms with Crippen molar-refractivity contribution in [2.45, 2.75) is 77.6 Å². The van der Waals surface area contributed by atoms with E-state index in [4.69, 9.17) is 9.73 Å². The highest BCUT2D eigenvalue weighted by Crippen LogP contribution is 2.41. The molecule has 0 aromatic rings. The van der Waals surface area contributed by atoms with Gasteiger partial charge in [-0.15, -0.1) is 24.0 Å². The molecule has 1 amide bonds. The number of carbonyl (C=O) groups excluding carboxylic acids is 1. The average Bonchev–Trinajstić information content (AvgIpc) is 3.17. The minimum Gasteiger partial charge on any atom is -0.385 e. The quantitative estimate of drug-likeness (QED) is 0.167. The van der Waals surface area contributed by atoms with Crippen LogP contribution in [0.5, 0.6) is 0 Å². The molecule has 2 aliphatic carbocycles. The molecule has 3 N–H and O–H groups in total. The third kappa shape index (κ3) is 10.3. The number of aliphatic imine (C=N–C) groups is 1. The molecule has 0 radical (unpaired) electrons. The van der Waals surface area contributed by atoms with Crippen molar-refractivity contribution >= 4 is 35.8 Å². The summed E-state index contributed by atoms with van der Waals surface area (Å²) in [5.74, 6) is 1.64. The summed E-state index contributed by atoms with van der Waals surface area (Å²) in [6, 6.07) is 0. The maximum atomic E-state index is 12.1. The molecule has 29 heavy (non-hydrogen) atoms. The number of carbonyl (C=O) groups is 1. The van der Waals surface area contributed by atoms with Gasteiger partial charge in [-0.25, -0.2) is 0 Å². The summed E-state index contributed by atoms with van der Waals surface area (Å²) >= 11 is 0. The molecule has 0 atom stereocenters. The number of nitrogens with one attached hydrogen (secondary N) is 3. The average molecular weight is 523 g/mol. The van der Waals surface area contributed by atoms with Gasteiger partial charge in [-0.1, -0.05) is 32.1 Å². The summed E-state index contributed by atoms with van der Waals surface area (Å²) < 4.78 is 5.32. The molecule has 2 aliphatic rings. The van der Waals surface area contributed by atoms with Crippen LogP contribution < -0.4 is 16.0 Å². The lowest BCUT2D eigenvalue weighted by atomic mass is 9.83. The number of nitrogens with zero attached hydrogens (tertiary/aromatic N) is 1. The molecule has 0 unspecified atom stereocenters. The third-order valence-electron chi connectivity index (χ3n) is 6.36. The highest BCUT2D eigenvalue weighted by molar-refractivity contribution is 14.0. The second kappa shape index (κ2) is 15.3. The smallest absolute Gasteiger partial charge is 0.220 e. The monoisotopic (exact) mass is 522 g/mol. The van der Waals surface area contributed by atoms with E-state index < -0.39 is 0 Å². The summed E-state index contributed by atoms with van der Waals surface area (Å²) in [7, 11) is 1.78. The fraction of sp³-hybridized carbons (Fsp3) is 0.909. The maximum absolute atomic E-state index is 12.1. The van der Waals surface area contributed by atoms with Crippen LogP contribution in [0.15, 0.2) is 4.99 Å². The van der Waals surface area contributed by atoms with Gasteiger partial charge in [0, 0.05) is 46.3 Å². The van der Waals surface area contributed by atoms with E-state index in [9.17, 15) is 4.79 Å². The Kier molecular flexibility index (Phi) is 13.9.